The van der Waals surface area contributed by atoms with Crippen molar-refractivity contribution in [3.05, 3.63) is 36.0 Å². The number of nitrogens with one attached hydrogen (secondary N) is 2. The largest absolute Gasteiger partial charge is 0.361 e. The summed E-state index contributed by atoms with van der Waals surface area (Å²) in [6, 6.07) is 9.76. The number of fused-ring (bicyclic) bond motifs is 2. The van der Waals surface area contributed by atoms with E-state index in [9.17, 15) is 0 Å². The topological polar surface area (TPSA) is 31.1 Å². The number of H-pyrrole nitrogens is 1. The zero-order valence-corrected chi connectivity index (χ0v) is 10.5. The fourth-order valence-corrected chi connectivity index (χ4v) is 3.62. The predicted molar refractivity (Wildman–Crippen MR) is 73.9 cm³/mol. The molecule has 2 atom stereocenters. The molecule has 3 heteroatoms. The number of hydrogen-bond acceptors (Lipinski definition) is 2. The third-order valence-electron chi connectivity index (χ3n) is 4.60. The van der Waals surface area contributed by atoms with Gasteiger partial charge < -0.3 is 10.3 Å². The molecular formula is C15H19N3. The monoisotopic (exact) mass is 241 g/mol. The average molecular weight is 241 g/mol. The van der Waals surface area contributed by atoms with Gasteiger partial charge in [-0.2, -0.15) is 0 Å². The van der Waals surface area contributed by atoms with Crippen LogP contribution in [0.1, 0.15) is 17.9 Å². The first kappa shape index (κ1) is 10.6. The lowest BCUT2D eigenvalue weighted by Gasteiger charge is -2.33. The molecule has 2 aliphatic heterocycles. The second-order valence-corrected chi connectivity index (χ2v) is 5.53. The minimum atomic E-state index is 0.700. The molecule has 0 amide bonds. The van der Waals surface area contributed by atoms with Crippen LogP contribution in [0.15, 0.2) is 30.5 Å². The molecule has 0 saturated carbocycles. The summed E-state index contributed by atoms with van der Waals surface area (Å²) in [4.78, 5) is 5.98. The Morgan fingerprint density at radius 2 is 2.17 bits per heavy atom. The summed E-state index contributed by atoms with van der Waals surface area (Å²) in [6.45, 7) is 4.78. The Morgan fingerprint density at radius 3 is 3.17 bits per heavy atom. The van der Waals surface area contributed by atoms with E-state index in [4.69, 9.17) is 0 Å². The Morgan fingerprint density at radius 1 is 1.17 bits per heavy atom. The highest BCUT2D eigenvalue weighted by Crippen LogP contribution is 2.35. The Hall–Kier alpha value is -1.32. The standard InChI is InChI=1S/C15H19N3/c1-2-12(9-14-11(1)3-5-17-14)13-4-7-18-8-6-16-10-15(13)18/h1-3,5,9,13,15-17H,4,6-8,10H2. The molecular weight excluding hydrogens is 222 g/mol. The second-order valence-electron chi connectivity index (χ2n) is 5.53. The van der Waals surface area contributed by atoms with Crippen LogP contribution >= 0.6 is 0 Å². The van der Waals surface area contributed by atoms with Crippen molar-refractivity contribution in [1.82, 2.24) is 15.2 Å². The van der Waals surface area contributed by atoms with E-state index in [-0.39, 0.29) is 0 Å². The van der Waals surface area contributed by atoms with Crippen LogP contribution in [0.25, 0.3) is 10.9 Å². The maximum absolute atomic E-state index is 3.54. The summed E-state index contributed by atoms with van der Waals surface area (Å²) in [5, 5.41) is 4.85. The maximum atomic E-state index is 3.54. The minimum Gasteiger partial charge on any atom is -0.361 e. The number of nitrogens with zero attached hydrogens (tertiary/aromatic N) is 1. The van der Waals surface area contributed by atoms with E-state index in [1.54, 1.807) is 0 Å². The molecule has 2 saturated heterocycles. The van der Waals surface area contributed by atoms with E-state index in [0.717, 1.165) is 13.1 Å². The summed E-state index contributed by atoms with van der Waals surface area (Å²) < 4.78 is 0. The van der Waals surface area contributed by atoms with E-state index in [0.29, 0.717) is 12.0 Å². The number of aromatic amines is 1. The third kappa shape index (κ3) is 1.58. The van der Waals surface area contributed by atoms with Crippen LogP contribution in [0, 0.1) is 0 Å². The van der Waals surface area contributed by atoms with Crippen molar-refractivity contribution in [3.63, 3.8) is 0 Å². The molecule has 0 aliphatic carbocycles. The first-order valence-corrected chi connectivity index (χ1v) is 6.93. The molecule has 3 heterocycles. The average Bonchev–Trinajstić information content (AvgIpc) is 3.04. The summed E-state index contributed by atoms with van der Waals surface area (Å²) in [7, 11) is 0. The lowest BCUT2D eigenvalue weighted by atomic mass is 9.90. The van der Waals surface area contributed by atoms with Gasteiger partial charge in [0.25, 0.3) is 0 Å². The van der Waals surface area contributed by atoms with Crippen LogP contribution in [0.2, 0.25) is 0 Å². The van der Waals surface area contributed by atoms with E-state index < -0.39 is 0 Å². The minimum absolute atomic E-state index is 0.700. The zero-order chi connectivity index (χ0) is 11.9. The van der Waals surface area contributed by atoms with Crippen molar-refractivity contribution < 1.29 is 0 Å². The van der Waals surface area contributed by atoms with Gasteiger partial charge in [0.15, 0.2) is 0 Å². The van der Waals surface area contributed by atoms with Gasteiger partial charge in [-0.05, 0) is 36.0 Å². The molecule has 2 fully saturated rings. The highest BCUT2D eigenvalue weighted by molar-refractivity contribution is 5.80. The number of piperazine rings is 1. The molecule has 4 rings (SSSR count). The molecule has 0 bridgehead atoms. The molecule has 3 nitrogen and oxygen atoms in total. The van der Waals surface area contributed by atoms with Crippen molar-refractivity contribution in [1.29, 1.82) is 0 Å². The highest BCUT2D eigenvalue weighted by Gasteiger charge is 2.36. The van der Waals surface area contributed by atoms with Gasteiger partial charge in [-0.15, -0.1) is 0 Å². The summed E-state index contributed by atoms with van der Waals surface area (Å²) >= 11 is 0. The van der Waals surface area contributed by atoms with Crippen LogP contribution in [0.5, 0.6) is 0 Å². The van der Waals surface area contributed by atoms with Gasteiger partial charge in [0, 0.05) is 43.3 Å². The normalized spacial score (nSPS) is 28.7. The summed E-state index contributed by atoms with van der Waals surface area (Å²) in [6.07, 6.45) is 3.33. The van der Waals surface area contributed by atoms with Crippen LogP contribution < -0.4 is 5.32 Å². The number of hydrogen-bond donors (Lipinski definition) is 2. The van der Waals surface area contributed by atoms with Crippen molar-refractivity contribution in [2.24, 2.45) is 0 Å². The van der Waals surface area contributed by atoms with Crippen molar-refractivity contribution >= 4 is 10.9 Å². The Bertz CT molecular complexity index is 560. The molecule has 2 unspecified atom stereocenters. The molecule has 94 valence electrons. The SMILES string of the molecule is c1cc2ccc(C3CCN4CCNCC34)cc2[nH]1. The van der Waals surface area contributed by atoms with E-state index in [1.165, 1.54) is 36.0 Å². The number of benzene rings is 1. The van der Waals surface area contributed by atoms with Crippen molar-refractivity contribution in [2.45, 2.75) is 18.4 Å². The fourth-order valence-electron chi connectivity index (χ4n) is 3.62. The van der Waals surface area contributed by atoms with Gasteiger partial charge in [0.2, 0.25) is 0 Å². The highest BCUT2D eigenvalue weighted by atomic mass is 15.2. The molecule has 18 heavy (non-hydrogen) atoms. The van der Waals surface area contributed by atoms with Crippen LogP contribution in [0.3, 0.4) is 0 Å². The van der Waals surface area contributed by atoms with Gasteiger partial charge in [-0.1, -0.05) is 12.1 Å². The van der Waals surface area contributed by atoms with Gasteiger partial charge >= 0.3 is 0 Å². The fraction of sp³-hybridized carbons (Fsp3) is 0.467. The predicted octanol–water partition coefficient (Wildman–Crippen LogP) is 1.93. The molecule has 1 aromatic heterocycles. The Labute approximate surface area is 107 Å². The molecule has 2 aromatic rings. The first-order valence-electron chi connectivity index (χ1n) is 6.93. The van der Waals surface area contributed by atoms with E-state index >= 15 is 0 Å². The van der Waals surface area contributed by atoms with E-state index in [2.05, 4.69) is 39.5 Å². The summed E-state index contributed by atoms with van der Waals surface area (Å²) in [5.74, 6) is 0.700. The lowest BCUT2D eigenvalue weighted by molar-refractivity contribution is 0.203. The van der Waals surface area contributed by atoms with Crippen LogP contribution in [-0.2, 0) is 0 Å². The van der Waals surface area contributed by atoms with Gasteiger partial charge in [-0.3, -0.25) is 4.90 Å². The molecule has 2 N–H and O–H groups in total. The zero-order valence-electron chi connectivity index (χ0n) is 10.5. The quantitative estimate of drug-likeness (QED) is 0.799. The molecule has 2 aliphatic rings. The van der Waals surface area contributed by atoms with Crippen LogP contribution in [-0.4, -0.2) is 42.1 Å². The maximum Gasteiger partial charge on any atom is 0.0456 e. The van der Waals surface area contributed by atoms with Crippen molar-refractivity contribution in [3.8, 4) is 0 Å². The molecule has 0 radical (unpaired) electrons. The summed E-state index contributed by atoms with van der Waals surface area (Å²) in [5.41, 5.74) is 2.77. The number of aromatic nitrogens is 1. The van der Waals surface area contributed by atoms with E-state index in [1.807, 2.05) is 6.20 Å². The van der Waals surface area contributed by atoms with Crippen LogP contribution in [0.4, 0.5) is 0 Å². The molecule has 1 aromatic carbocycles. The molecule has 0 spiro atoms. The lowest BCUT2D eigenvalue weighted by Crippen LogP contribution is -2.49. The first-order chi connectivity index (χ1) is 8.92. The number of rotatable bonds is 1. The van der Waals surface area contributed by atoms with Gasteiger partial charge in [-0.25, -0.2) is 0 Å². The van der Waals surface area contributed by atoms with Gasteiger partial charge in [0.1, 0.15) is 0 Å². The second kappa shape index (κ2) is 4.11. The van der Waals surface area contributed by atoms with Gasteiger partial charge in [0.05, 0.1) is 0 Å². The Balaban J connectivity index is 1.69. The third-order valence-corrected chi connectivity index (χ3v) is 4.60. The smallest absolute Gasteiger partial charge is 0.0456 e. The Kier molecular flexibility index (Phi) is 2.42. The van der Waals surface area contributed by atoms with Crippen molar-refractivity contribution in [2.75, 3.05) is 26.2 Å².